The molecule has 2 N–H and O–H groups in total. The van der Waals surface area contributed by atoms with Crippen LogP contribution in [0.3, 0.4) is 0 Å². The highest BCUT2D eigenvalue weighted by Gasteiger charge is 2.14. The number of benzene rings is 1. The summed E-state index contributed by atoms with van der Waals surface area (Å²) in [5.74, 6) is -0.428. The molecule has 5 heteroatoms. The number of amides is 1. The van der Waals surface area contributed by atoms with Crippen molar-refractivity contribution in [3.05, 3.63) is 35.6 Å². The summed E-state index contributed by atoms with van der Waals surface area (Å²) >= 11 is 0. The van der Waals surface area contributed by atoms with Crippen molar-refractivity contribution >= 4 is 18.3 Å². The fourth-order valence-corrected chi connectivity index (χ4v) is 2.27. The smallest absolute Gasteiger partial charge is 0.224 e. The third kappa shape index (κ3) is 5.17. The van der Waals surface area contributed by atoms with Crippen LogP contribution in [-0.2, 0) is 11.2 Å². The molecule has 1 saturated heterocycles. The first-order valence-corrected chi connectivity index (χ1v) is 6.49. The van der Waals surface area contributed by atoms with E-state index in [1.54, 1.807) is 18.2 Å². The second kappa shape index (κ2) is 8.12. The van der Waals surface area contributed by atoms with E-state index in [-0.39, 0.29) is 30.6 Å². The zero-order valence-electron chi connectivity index (χ0n) is 10.8. The summed E-state index contributed by atoms with van der Waals surface area (Å²) in [6.07, 6.45) is 3.46. The van der Waals surface area contributed by atoms with Gasteiger partial charge < -0.3 is 10.6 Å². The molecule has 1 amide bonds. The first kappa shape index (κ1) is 15.9. The van der Waals surface area contributed by atoms with Gasteiger partial charge in [-0.05, 0) is 37.4 Å². The summed E-state index contributed by atoms with van der Waals surface area (Å²) < 4.78 is 13.3. The summed E-state index contributed by atoms with van der Waals surface area (Å²) in [4.78, 5) is 11.6. The molecule has 0 bridgehead atoms. The Morgan fingerprint density at radius 1 is 1.42 bits per heavy atom. The number of hydrogen-bond acceptors (Lipinski definition) is 2. The first-order valence-electron chi connectivity index (χ1n) is 6.49. The molecule has 1 aromatic carbocycles. The van der Waals surface area contributed by atoms with Gasteiger partial charge in [-0.2, -0.15) is 0 Å². The molecule has 2 rings (SSSR count). The van der Waals surface area contributed by atoms with Crippen molar-refractivity contribution in [2.24, 2.45) is 0 Å². The Labute approximate surface area is 119 Å². The van der Waals surface area contributed by atoms with Crippen LogP contribution in [0, 0.1) is 5.82 Å². The van der Waals surface area contributed by atoms with Gasteiger partial charge in [0.1, 0.15) is 5.82 Å². The van der Waals surface area contributed by atoms with Crippen LogP contribution in [0.15, 0.2) is 24.3 Å². The molecule has 0 spiro atoms. The molecule has 0 aromatic heterocycles. The number of hydrogen-bond donors (Lipinski definition) is 2. The van der Waals surface area contributed by atoms with Crippen molar-refractivity contribution in [1.82, 2.24) is 10.6 Å². The van der Waals surface area contributed by atoms with Crippen molar-refractivity contribution in [3.63, 3.8) is 0 Å². The lowest BCUT2D eigenvalue weighted by atomic mass is 10.1. The van der Waals surface area contributed by atoms with Crippen LogP contribution in [0.1, 0.15) is 24.8 Å². The molecule has 1 aliphatic rings. The van der Waals surface area contributed by atoms with E-state index in [1.165, 1.54) is 18.9 Å². The van der Waals surface area contributed by atoms with Gasteiger partial charge in [0.15, 0.2) is 0 Å². The van der Waals surface area contributed by atoms with Crippen LogP contribution in [0.2, 0.25) is 0 Å². The number of rotatable bonds is 5. The van der Waals surface area contributed by atoms with Crippen molar-refractivity contribution < 1.29 is 9.18 Å². The van der Waals surface area contributed by atoms with E-state index in [9.17, 15) is 9.18 Å². The average molecular weight is 287 g/mol. The second-order valence-electron chi connectivity index (χ2n) is 4.70. The van der Waals surface area contributed by atoms with Gasteiger partial charge in [0.25, 0.3) is 0 Å². The van der Waals surface area contributed by atoms with Gasteiger partial charge >= 0.3 is 0 Å². The maximum atomic E-state index is 13.3. The Kier molecular flexibility index (Phi) is 6.81. The van der Waals surface area contributed by atoms with E-state index < -0.39 is 0 Å². The van der Waals surface area contributed by atoms with Crippen molar-refractivity contribution in [1.29, 1.82) is 0 Å². The Hall–Kier alpha value is -1.13. The monoisotopic (exact) mass is 286 g/mol. The van der Waals surface area contributed by atoms with Gasteiger partial charge in [0.2, 0.25) is 5.91 Å². The zero-order chi connectivity index (χ0) is 12.8. The molecule has 1 aliphatic heterocycles. The molecule has 106 valence electrons. The number of carbonyl (C=O) groups excluding carboxylic acids is 1. The second-order valence-corrected chi connectivity index (χ2v) is 4.70. The van der Waals surface area contributed by atoms with Gasteiger partial charge in [0, 0.05) is 12.6 Å². The normalized spacial score (nSPS) is 17.8. The van der Waals surface area contributed by atoms with Crippen LogP contribution < -0.4 is 10.6 Å². The fourth-order valence-electron chi connectivity index (χ4n) is 2.27. The fraction of sp³-hybridized carbons (Fsp3) is 0.500. The third-order valence-corrected chi connectivity index (χ3v) is 3.29. The molecular formula is C14H20ClFN2O. The van der Waals surface area contributed by atoms with Gasteiger partial charge in [-0.15, -0.1) is 12.4 Å². The van der Waals surface area contributed by atoms with Crippen LogP contribution in [0.25, 0.3) is 0 Å². The molecule has 0 saturated carbocycles. The maximum Gasteiger partial charge on any atom is 0.224 e. The topological polar surface area (TPSA) is 41.1 Å². The highest BCUT2D eigenvalue weighted by atomic mass is 35.5. The lowest BCUT2D eigenvalue weighted by Gasteiger charge is -2.10. The van der Waals surface area contributed by atoms with E-state index in [0.717, 1.165) is 13.0 Å². The van der Waals surface area contributed by atoms with E-state index in [2.05, 4.69) is 10.6 Å². The SMILES string of the molecule is Cl.O=C(Cc1ccccc1F)NCC[C@H]1CCCN1. The Morgan fingerprint density at radius 2 is 2.21 bits per heavy atom. The lowest BCUT2D eigenvalue weighted by molar-refractivity contribution is -0.120. The van der Waals surface area contributed by atoms with Gasteiger partial charge in [-0.25, -0.2) is 4.39 Å². The summed E-state index contributed by atoms with van der Waals surface area (Å²) in [7, 11) is 0. The van der Waals surface area contributed by atoms with E-state index in [4.69, 9.17) is 0 Å². The van der Waals surface area contributed by atoms with Gasteiger partial charge in [-0.3, -0.25) is 4.79 Å². The Balaban J connectivity index is 0.00000180. The van der Waals surface area contributed by atoms with E-state index in [0.29, 0.717) is 18.2 Å². The summed E-state index contributed by atoms with van der Waals surface area (Å²) in [5.41, 5.74) is 0.453. The van der Waals surface area contributed by atoms with Gasteiger partial charge in [-0.1, -0.05) is 18.2 Å². The zero-order valence-corrected chi connectivity index (χ0v) is 11.6. The standard InChI is InChI=1S/C14H19FN2O.ClH/c15-13-6-2-1-4-11(13)10-14(18)17-9-7-12-5-3-8-16-12;/h1-2,4,6,12,16H,3,5,7-10H2,(H,17,18);1H/t12-;/m1./s1. The molecule has 1 aromatic rings. The molecule has 19 heavy (non-hydrogen) atoms. The summed E-state index contributed by atoms with van der Waals surface area (Å²) in [6, 6.07) is 6.92. The third-order valence-electron chi connectivity index (χ3n) is 3.29. The molecule has 0 unspecified atom stereocenters. The lowest BCUT2D eigenvalue weighted by Crippen LogP contribution is -2.31. The molecule has 1 heterocycles. The highest BCUT2D eigenvalue weighted by molar-refractivity contribution is 5.85. The van der Waals surface area contributed by atoms with Crippen LogP contribution in [0.5, 0.6) is 0 Å². The van der Waals surface area contributed by atoms with Crippen LogP contribution >= 0.6 is 12.4 Å². The predicted molar refractivity (Wildman–Crippen MR) is 76.0 cm³/mol. The van der Waals surface area contributed by atoms with Crippen molar-refractivity contribution in [2.45, 2.75) is 31.7 Å². The quantitative estimate of drug-likeness (QED) is 0.870. The number of halogens is 2. The maximum absolute atomic E-state index is 13.3. The largest absolute Gasteiger partial charge is 0.356 e. The summed E-state index contributed by atoms with van der Waals surface area (Å²) in [5, 5.41) is 6.22. The van der Waals surface area contributed by atoms with Crippen LogP contribution in [-0.4, -0.2) is 25.0 Å². The molecule has 0 aliphatic carbocycles. The molecular weight excluding hydrogens is 267 g/mol. The average Bonchev–Trinajstić information content (AvgIpc) is 2.85. The predicted octanol–water partition coefficient (Wildman–Crippen LogP) is 2.05. The molecule has 0 radical (unpaired) electrons. The van der Waals surface area contributed by atoms with E-state index in [1.807, 2.05) is 0 Å². The number of carbonyl (C=O) groups is 1. The van der Waals surface area contributed by atoms with Gasteiger partial charge in [0.05, 0.1) is 6.42 Å². The van der Waals surface area contributed by atoms with Crippen molar-refractivity contribution in [3.8, 4) is 0 Å². The minimum absolute atomic E-state index is 0. The summed E-state index contributed by atoms with van der Waals surface area (Å²) in [6.45, 7) is 1.73. The van der Waals surface area contributed by atoms with Crippen molar-refractivity contribution in [2.75, 3.05) is 13.1 Å². The Morgan fingerprint density at radius 3 is 2.89 bits per heavy atom. The van der Waals surface area contributed by atoms with E-state index >= 15 is 0 Å². The minimum Gasteiger partial charge on any atom is -0.356 e. The van der Waals surface area contributed by atoms with Crippen LogP contribution in [0.4, 0.5) is 4.39 Å². The highest BCUT2D eigenvalue weighted by Crippen LogP contribution is 2.08. The molecule has 1 fully saturated rings. The Bertz CT molecular complexity index is 408. The number of nitrogens with one attached hydrogen (secondary N) is 2. The first-order chi connectivity index (χ1) is 8.75. The molecule has 1 atom stereocenters. The molecule has 3 nitrogen and oxygen atoms in total. The minimum atomic E-state index is -0.315.